The Labute approximate surface area is 112 Å². The van der Waals surface area contributed by atoms with Gasteiger partial charge in [0.15, 0.2) is 0 Å². The molecular formula is C15H18N2O2. The topological polar surface area (TPSA) is 68.3 Å². The summed E-state index contributed by atoms with van der Waals surface area (Å²) in [7, 11) is 0. The van der Waals surface area contributed by atoms with Crippen LogP contribution in [-0.2, 0) is 0 Å². The average molecular weight is 258 g/mol. The molecule has 19 heavy (non-hydrogen) atoms. The number of hydrogen-bond acceptors (Lipinski definition) is 3. The maximum atomic E-state index is 12.3. The van der Waals surface area contributed by atoms with Gasteiger partial charge in [-0.2, -0.15) is 0 Å². The predicted molar refractivity (Wildman–Crippen MR) is 73.9 cm³/mol. The highest BCUT2D eigenvalue weighted by molar-refractivity contribution is 6.06. The van der Waals surface area contributed by atoms with E-state index in [1.165, 1.54) is 6.26 Å². The zero-order chi connectivity index (χ0) is 13.2. The fourth-order valence-electron chi connectivity index (χ4n) is 2.91. The molecule has 1 aromatic carbocycles. The molecule has 4 heteroatoms. The third kappa shape index (κ3) is 2.24. The van der Waals surface area contributed by atoms with Gasteiger partial charge < -0.3 is 15.5 Å². The van der Waals surface area contributed by atoms with Gasteiger partial charge in [-0.3, -0.25) is 4.79 Å². The maximum absolute atomic E-state index is 12.3. The van der Waals surface area contributed by atoms with Gasteiger partial charge in [0, 0.05) is 11.4 Å². The number of carbonyl (C=O) groups is 1. The second-order valence-electron chi connectivity index (χ2n) is 5.15. The first kappa shape index (κ1) is 12.2. The van der Waals surface area contributed by atoms with E-state index in [-0.39, 0.29) is 11.9 Å². The Morgan fingerprint density at radius 1 is 1.37 bits per heavy atom. The third-order valence-electron chi connectivity index (χ3n) is 4.00. The van der Waals surface area contributed by atoms with E-state index in [2.05, 4.69) is 5.32 Å². The third-order valence-corrected chi connectivity index (χ3v) is 4.00. The van der Waals surface area contributed by atoms with Crippen LogP contribution in [0.2, 0.25) is 0 Å². The van der Waals surface area contributed by atoms with Crippen molar-refractivity contribution in [2.75, 3.05) is 6.54 Å². The molecule has 1 heterocycles. The lowest BCUT2D eigenvalue weighted by Gasteiger charge is -2.19. The van der Waals surface area contributed by atoms with Crippen molar-refractivity contribution in [3.05, 3.63) is 36.1 Å². The summed E-state index contributed by atoms with van der Waals surface area (Å²) in [4.78, 5) is 12.3. The lowest BCUT2D eigenvalue weighted by Crippen LogP contribution is -2.39. The van der Waals surface area contributed by atoms with Gasteiger partial charge in [-0.25, -0.2) is 0 Å². The molecule has 1 aliphatic rings. The Morgan fingerprint density at radius 3 is 3.05 bits per heavy atom. The molecule has 100 valence electrons. The summed E-state index contributed by atoms with van der Waals surface area (Å²) in [6.45, 7) is 0.636. The molecular weight excluding hydrogens is 240 g/mol. The molecule has 0 saturated heterocycles. The summed E-state index contributed by atoms with van der Waals surface area (Å²) >= 11 is 0. The minimum Gasteiger partial charge on any atom is -0.463 e. The van der Waals surface area contributed by atoms with Crippen LogP contribution >= 0.6 is 0 Å². The minimum absolute atomic E-state index is 0.0599. The fraction of sp³-hybridized carbons (Fsp3) is 0.400. The van der Waals surface area contributed by atoms with E-state index in [0.717, 1.165) is 30.2 Å². The first-order valence-corrected chi connectivity index (χ1v) is 6.76. The summed E-state index contributed by atoms with van der Waals surface area (Å²) < 4.78 is 5.40. The minimum atomic E-state index is -0.0599. The number of furan rings is 1. The summed E-state index contributed by atoms with van der Waals surface area (Å²) in [6, 6.07) is 7.78. The summed E-state index contributed by atoms with van der Waals surface area (Å²) in [5, 5.41) is 3.96. The highest BCUT2D eigenvalue weighted by Crippen LogP contribution is 2.26. The van der Waals surface area contributed by atoms with Crippen molar-refractivity contribution in [1.82, 2.24) is 5.32 Å². The SMILES string of the molecule is NCC1CCCC1NC(=O)c1coc2ccccc12. The van der Waals surface area contributed by atoms with E-state index in [1.54, 1.807) is 0 Å². The van der Waals surface area contributed by atoms with Crippen LogP contribution in [0.5, 0.6) is 0 Å². The number of benzene rings is 1. The van der Waals surface area contributed by atoms with Gasteiger partial charge in [0.05, 0.1) is 5.56 Å². The van der Waals surface area contributed by atoms with E-state index in [1.807, 2.05) is 24.3 Å². The second-order valence-corrected chi connectivity index (χ2v) is 5.15. The van der Waals surface area contributed by atoms with Gasteiger partial charge in [0.2, 0.25) is 0 Å². The molecule has 2 atom stereocenters. The van der Waals surface area contributed by atoms with Gasteiger partial charge in [-0.15, -0.1) is 0 Å². The molecule has 0 bridgehead atoms. The smallest absolute Gasteiger partial charge is 0.255 e. The molecule has 3 N–H and O–H groups in total. The number of nitrogens with one attached hydrogen (secondary N) is 1. The normalized spacial score (nSPS) is 22.8. The monoisotopic (exact) mass is 258 g/mol. The van der Waals surface area contributed by atoms with Gasteiger partial charge in [-0.05, 0) is 31.4 Å². The molecule has 3 rings (SSSR count). The lowest BCUT2D eigenvalue weighted by molar-refractivity contribution is 0.0929. The van der Waals surface area contributed by atoms with Crippen molar-refractivity contribution in [2.45, 2.75) is 25.3 Å². The number of fused-ring (bicyclic) bond motifs is 1. The Bertz CT molecular complexity index is 591. The lowest BCUT2D eigenvalue weighted by atomic mass is 10.0. The van der Waals surface area contributed by atoms with Crippen LogP contribution in [0.3, 0.4) is 0 Å². The maximum Gasteiger partial charge on any atom is 0.255 e. The van der Waals surface area contributed by atoms with Crippen molar-refractivity contribution >= 4 is 16.9 Å². The van der Waals surface area contributed by atoms with Crippen molar-refractivity contribution in [3.63, 3.8) is 0 Å². The van der Waals surface area contributed by atoms with Crippen LogP contribution in [0.1, 0.15) is 29.6 Å². The number of para-hydroxylation sites is 1. The molecule has 2 unspecified atom stereocenters. The highest BCUT2D eigenvalue weighted by atomic mass is 16.3. The fourth-order valence-corrected chi connectivity index (χ4v) is 2.91. The second kappa shape index (κ2) is 5.05. The highest BCUT2D eigenvalue weighted by Gasteiger charge is 2.28. The van der Waals surface area contributed by atoms with Crippen molar-refractivity contribution < 1.29 is 9.21 Å². The molecule has 4 nitrogen and oxygen atoms in total. The molecule has 1 aromatic heterocycles. The van der Waals surface area contributed by atoms with Crippen molar-refractivity contribution in [3.8, 4) is 0 Å². The van der Waals surface area contributed by atoms with E-state index in [9.17, 15) is 4.79 Å². The van der Waals surface area contributed by atoms with Gasteiger partial charge in [-0.1, -0.05) is 24.6 Å². The van der Waals surface area contributed by atoms with Crippen LogP contribution in [0.4, 0.5) is 0 Å². The Morgan fingerprint density at radius 2 is 2.21 bits per heavy atom. The van der Waals surface area contributed by atoms with E-state index >= 15 is 0 Å². The van der Waals surface area contributed by atoms with E-state index < -0.39 is 0 Å². The number of rotatable bonds is 3. The summed E-state index contributed by atoms with van der Waals surface area (Å²) in [6.07, 6.45) is 4.79. The number of nitrogens with two attached hydrogens (primary N) is 1. The quantitative estimate of drug-likeness (QED) is 0.887. The predicted octanol–water partition coefficient (Wildman–Crippen LogP) is 2.29. The van der Waals surface area contributed by atoms with Gasteiger partial charge in [0.25, 0.3) is 5.91 Å². The first-order valence-electron chi connectivity index (χ1n) is 6.76. The zero-order valence-electron chi connectivity index (χ0n) is 10.8. The standard InChI is InChI=1S/C15H18N2O2/c16-8-10-4-3-6-13(10)17-15(18)12-9-19-14-7-2-1-5-11(12)14/h1-2,5,7,9-10,13H,3-4,6,8,16H2,(H,17,18). The van der Waals surface area contributed by atoms with Crippen LogP contribution in [0, 0.1) is 5.92 Å². The Hall–Kier alpha value is -1.81. The molecule has 1 aliphatic carbocycles. The molecule has 1 saturated carbocycles. The number of hydrogen-bond donors (Lipinski definition) is 2. The Balaban J connectivity index is 1.80. The molecule has 2 aromatic rings. The van der Waals surface area contributed by atoms with Gasteiger partial charge >= 0.3 is 0 Å². The van der Waals surface area contributed by atoms with Crippen LogP contribution in [0.15, 0.2) is 34.9 Å². The van der Waals surface area contributed by atoms with Crippen LogP contribution in [-0.4, -0.2) is 18.5 Å². The van der Waals surface area contributed by atoms with E-state index in [0.29, 0.717) is 18.0 Å². The molecule has 1 amide bonds. The van der Waals surface area contributed by atoms with Crippen LogP contribution in [0.25, 0.3) is 11.0 Å². The first-order chi connectivity index (χ1) is 9.29. The average Bonchev–Trinajstić information content (AvgIpc) is 3.04. The number of carbonyl (C=O) groups excluding carboxylic acids is 1. The summed E-state index contributed by atoms with van der Waals surface area (Å²) in [5.74, 6) is 0.345. The molecule has 0 aliphatic heterocycles. The largest absolute Gasteiger partial charge is 0.463 e. The van der Waals surface area contributed by atoms with Crippen molar-refractivity contribution in [1.29, 1.82) is 0 Å². The molecule has 0 spiro atoms. The summed E-state index contributed by atoms with van der Waals surface area (Å²) in [5.41, 5.74) is 7.09. The van der Waals surface area contributed by atoms with Crippen molar-refractivity contribution in [2.24, 2.45) is 11.7 Å². The van der Waals surface area contributed by atoms with Gasteiger partial charge in [0.1, 0.15) is 11.8 Å². The van der Waals surface area contributed by atoms with E-state index in [4.69, 9.17) is 10.2 Å². The molecule has 0 radical (unpaired) electrons. The number of amides is 1. The Kier molecular flexibility index (Phi) is 3.25. The van der Waals surface area contributed by atoms with Crippen LogP contribution < -0.4 is 11.1 Å². The zero-order valence-corrected chi connectivity index (χ0v) is 10.8. The molecule has 1 fully saturated rings.